The van der Waals surface area contributed by atoms with E-state index in [0.29, 0.717) is 18.5 Å². The van der Waals surface area contributed by atoms with Crippen molar-refractivity contribution in [3.63, 3.8) is 0 Å². The zero-order valence-corrected chi connectivity index (χ0v) is 12.2. The smallest absolute Gasteiger partial charge is 0.331 e. The van der Waals surface area contributed by atoms with Gasteiger partial charge in [-0.1, -0.05) is 6.07 Å². The fourth-order valence-electron chi connectivity index (χ4n) is 1.48. The van der Waals surface area contributed by atoms with Gasteiger partial charge in [0.15, 0.2) is 6.04 Å². The number of carboxylic acid groups (broad SMARTS) is 1. The molecule has 17 heavy (non-hydrogen) atoms. The van der Waals surface area contributed by atoms with Crippen molar-refractivity contribution < 1.29 is 14.7 Å². The lowest BCUT2D eigenvalue weighted by Crippen LogP contribution is -2.32. The Hall–Kier alpha value is -0.880. The molecular weight excluding hydrogens is 354 g/mol. The van der Waals surface area contributed by atoms with E-state index in [1.165, 1.54) is 4.90 Å². The molecule has 0 aliphatic heterocycles. The highest BCUT2D eigenvalue weighted by molar-refractivity contribution is 9.13. The fraction of sp³-hybridized carbons (Fsp3) is 0.273. The van der Waals surface area contributed by atoms with E-state index in [2.05, 4.69) is 31.9 Å². The van der Waals surface area contributed by atoms with Crippen LogP contribution in [0.4, 0.5) is 0 Å². The van der Waals surface area contributed by atoms with Gasteiger partial charge in [0, 0.05) is 15.5 Å². The van der Waals surface area contributed by atoms with Crippen LogP contribution in [0.2, 0.25) is 0 Å². The minimum Gasteiger partial charge on any atom is -0.479 e. The van der Waals surface area contributed by atoms with Crippen molar-refractivity contribution in [2.24, 2.45) is 0 Å². The summed E-state index contributed by atoms with van der Waals surface area (Å²) in [5, 5.41) is 9.19. The second-order valence-electron chi connectivity index (χ2n) is 3.35. The Bertz CT molecular complexity index is 437. The largest absolute Gasteiger partial charge is 0.479 e. The molecule has 1 aromatic rings. The van der Waals surface area contributed by atoms with Crippen LogP contribution in [0.15, 0.2) is 27.1 Å². The number of rotatable bonds is 5. The van der Waals surface area contributed by atoms with Crippen LogP contribution >= 0.6 is 31.9 Å². The van der Waals surface area contributed by atoms with Crippen molar-refractivity contribution in [2.75, 3.05) is 6.54 Å². The lowest BCUT2D eigenvalue weighted by molar-refractivity contribution is -0.146. The molecule has 0 saturated heterocycles. The van der Waals surface area contributed by atoms with E-state index in [1.807, 2.05) is 0 Å². The standard InChI is InChI=1S/C11H11Br2NO3/c1-2-14(6-15)10(11(16)17)7-3-4-8(12)9(13)5-7/h3-6,10H,2H2,1H3,(H,16,17). The van der Waals surface area contributed by atoms with Crippen molar-refractivity contribution in [2.45, 2.75) is 13.0 Å². The molecule has 1 N–H and O–H groups in total. The van der Waals surface area contributed by atoms with Crippen molar-refractivity contribution in [3.05, 3.63) is 32.7 Å². The molecule has 0 aromatic heterocycles. The van der Waals surface area contributed by atoms with Gasteiger partial charge in [0.1, 0.15) is 0 Å². The van der Waals surface area contributed by atoms with E-state index in [4.69, 9.17) is 0 Å². The topological polar surface area (TPSA) is 57.6 Å². The van der Waals surface area contributed by atoms with Gasteiger partial charge in [-0.3, -0.25) is 4.79 Å². The summed E-state index contributed by atoms with van der Waals surface area (Å²) in [6.07, 6.45) is 0.550. The summed E-state index contributed by atoms with van der Waals surface area (Å²) >= 11 is 6.62. The van der Waals surface area contributed by atoms with E-state index in [0.717, 1.165) is 8.95 Å². The van der Waals surface area contributed by atoms with Crippen molar-refractivity contribution in [1.29, 1.82) is 0 Å². The summed E-state index contributed by atoms with van der Waals surface area (Å²) in [6, 6.07) is 4.16. The first kappa shape index (κ1) is 14.2. The molecule has 6 heteroatoms. The highest BCUT2D eigenvalue weighted by atomic mass is 79.9. The molecule has 92 valence electrons. The zero-order chi connectivity index (χ0) is 13.0. The normalized spacial score (nSPS) is 11.9. The maximum atomic E-state index is 11.2. The Labute approximate surface area is 116 Å². The molecule has 0 aliphatic rings. The summed E-state index contributed by atoms with van der Waals surface area (Å²) < 4.78 is 1.59. The average Bonchev–Trinajstić information content (AvgIpc) is 2.29. The summed E-state index contributed by atoms with van der Waals surface area (Å²) in [7, 11) is 0. The van der Waals surface area contributed by atoms with E-state index >= 15 is 0 Å². The Morgan fingerprint density at radius 2 is 2.12 bits per heavy atom. The molecule has 0 radical (unpaired) electrons. The molecule has 0 aliphatic carbocycles. The van der Waals surface area contributed by atoms with Crippen LogP contribution in [0.1, 0.15) is 18.5 Å². The second-order valence-corrected chi connectivity index (χ2v) is 5.06. The second kappa shape index (κ2) is 6.16. The molecule has 1 aromatic carbocycles. The first-order valence-corrected chi connectivity index (χ1v) is 6.48. The van der Waals surface area contributed by atoms with Crippen molar-refractivity contribution >= 4 is 44.2 Å². The SMILES string of the molecule is CCN(C=O)C(C(=O)O)c1ccc(Br)c(Br)c1. The number of halogens is 2. The van der Waals surface area contributed by atoms with Gasteiger partial charge in [-0.25, -0.2) is 4.79 Å². The predicted molar refractivity (Wildman–Crippen MR) is 70.7 cm³/mol. The minimum absolute atomic E-state index is 0.341. The Kier molecular flexibility index (Phi) is 5.14. The highest BCUT2D eigenvalue weighted by Gasteiger charge is 2.25. The van der Waals surface area contributed by atoms with E-state index in [9.17, 15) is 14.7 Å². The number of hydrogen-bond donors (Lipinski definition) is 1. The number of carbonyl (C=O) groups excluding carboxylic acids is 1. The molecule has 1 rings (SSSR count). The maximum Gasteiger partial charge on any atom is 0.331 e. The number of amides is 1. The van der Waals surface area contributed by atoms with Gasteiger partial charge >= 0.3 is 5.97 Å². The van der Waals surface area contributed by atoms with Gasteiger partial charge in [-0.05, 0) is 56.5 Å². The van der Waals surface area contributed by atoms with Gasteiger partial charge in [-0.15, -0.1) is 0 Å². The van der Waals surface area contributed by atoms with Crippen LogP contribution in [0.3, 0.4) is 0 Å². The monoisotopic (exact) mass is 363 g/mol. The molecule has 0 saturated carbocycles. The number of carboxylic acids is 1. The van der Waals surface area contributed by atoms with Crippen molar-refractivity contribution in [1.82, 2.24) is 4.90 Å². The first-order valence-electron chi connectivity index (χ1n) is 4.90. The van der Waals surface area contributed by atoms with E-state index in [1.54, 1.807) is 25.1 Å². The predicted octanol–water partition coefficient (Wildman–Crippen LogP) is 2.82. The third kappa shape index (κ3) is 3.29. The van der Waals surface area contributed by atoms with E-state index < -0.39 is 12.0 Å². The molecule has 0 fully saturated rings. The molecular formula is C11H11Br2NO3. The van der Waals surface area contributed by atoms with Crippen LogP contribution in [0.25, 0.3) is 0 Å². The summed E-state index contributed by atoms with van der Waals surface area (Å²) in [5.41, 5.74) is 0.557. The molecule has 1 unspecified atom stereocenters. The Balaban J connectivity index is 3.18. The third-order valence-corrected chi connectivity index (χ3v) is 4.21. The van der Waals surface area contributed by atoms with Crippen LogP contribution in [0, 0.1) is 0 Å². The molecule has 4 nitrogen and oxygen atoms in total. The molecule has 1 atom stereocenters. The van der Waals surface area contributed by atoms with Gasteiger partial charge < -0.3 is 10.0 Å². The molecule has 0 bridgehead atoms. The average molecular weight is 365 g/mol. The van der Waals surface area contributed by atoms with Crippen LogP contribution in [-0.4, -0.2) is 28.9 Å². The van der Waals surface area contributed by atoms with Gasteiger partial charge in [0.2, 0.25) is 6.41 Å². The van der Waals surface area contributed by atoms with Crippen LogP contribution in [-0.2, 0) is 9.59 Å². The number of benzene rings is 1. The summed E-state index contributed by atoms with van der Waals surface area (Å²) in [6.45, 7) is 2.08. The highest BCUT2D eigenvalue weighted by Crippen LogP contribution is 2.28. The molecule has 0 spiro atoms. The van der Waals surface area contributed by atoms with Gasteiger partial charge in [0.05, 0.1) is 0 Å². The van der Waals surface area contributed by atoms with E-state index in [-0.39, 0.29) is 0 Å². The number of carbonyl (C=O) groups is 2. The first-order chi connectivity index (χ1) is 8.01. The summed E-state index contributed by atoms with van der Waals surface area (Å²) in [5.74, 6) is -1.05. The zero-order valence-electron chi connectivity index (χ0n) is 9.06. The van der Waals surface area contributed by atoms with Crippen molar-refractivity contribution in [3.8, 4) is 0 Å². The van der Waals surface area contributed by atoms with Crippen LogP contribution < -0.4 is 0 Å². The fourth-order valence-corrected chi connectivity index (χ4v) is 2.12. The maximum absolute atomic E-state index is 11.2. The Morgan fingerprint density at radius 3 is 2.53 bits per heavy atom. The number of hydrogen-bond acceptors (Lipinski definition) is 2. The van der Waals surface area contributed by atoms with Crippen LogP contribution in [0.5, 0.6) is 0 Å². The number of nitrogens with zero attached hydrogens (tertiary/aromatic N) is 1. The quantitative estimate of drug-likeness (QED) is 0.817. The third-order valence-electron chi connectivity index (χ3n) is 2.33. The summed E-state index contributed by atoms with van der Waals surface area (Å²) in [4.78, 5) is 23.3. The molecule has 1 amide bonds. The Morgan fingerprint density at radius 1 is 1.47 bits per heavy atom. The minimum atomic E-state index is -1.05. The lowest BCUT2D eigenvalue weighted by Gasteiger charge is -2.24. The van der Waals surface area contributed by atoms with Gasteiger partial charge in [-0.2, -0.15) is 0 Å². The lowest BCUT2D eigenvalue weighted by atomic mass is 10.1. The number of likely N-dealkylation sites (N-methyl/N-ethyl adjacent to an activating group) is 1. The molecule has 0 heterocycles. The number of aliphatic carboxylic acids is 1. The van der Waals surface area contributed by atoms with Gasteiger partial charge in [0.25, 0.3) is 0 Å².